The predicted molar refractivity (Wildman–Crippen MR) is 74.7 cm³/mol. The van der Waals surface area contributed by atoms with Crippen LogP contribution in [0.3, 0.4) is 0 Å². The summed E-state index contributed by atoms with van der Waals surface area (Å²) >= 11 is 0. The van der Waals surface area contributed by atoms with Gasteiger partial charge in [-0.15, -0.1) is 0 Å². The topological polar surface area (TPSA) is 21.3 Å². The lowest BCUT2D eigenvalue weighted by Crippen LogP contribution is -2.25. The average molecular weight is 277 g/mol. The third-order valence-electron chi connectivity index (χ3n) is 2.99. The molecule has 1 unspecified atom stereocenters. The Morgan fingerprint density at radius 3 is 2.55 bits per heavy atom. The molecule has 0 heterocycles. The van der Waals surface area contributed by atoms with Crippen LogP contribution in [0.4, 0.5) is 8.78 Å². The summed E-state index contributed by atoms with van der Waals surface area (Å²) in [5, 5.41) is 3.14. The predicted octanol–water partition coefficient (Wildman–Crippen LogP) is 3.69. The van der Waals surface area contributed by atoms with Crippen molar-refractivity contribution >= 4 is 0 Å². The van der Waals surface area contributed by atoms with Crippen molar-refractivity contribution in [2.24, 2.45) is 0 Å². The monoisotopic (exact) mass is 277 g/mol. The fraction of sp³-hybridized carbons (Fsp3) is 0.250. The molecule has 2 aromatic rings. The van der Waals surface area contributed by atoms with Gasteiger partial charge in [-0.2, -0.15) is 0 Å². The summed E-state index contributed by atoms with van der Waals surface area (Å²) in [6.07, 6.45) is 0. The second-order valence-electron chi connectivity index (χ2n) is 4.50. The minimum absolute atomic E-state index is 0.199. The first-order valence-electron chi connectivity index (χ1n) is 6.53. The number of hydrogen-bond acceptors (Lipinski definition) is 2. The maximum atomic E-state index is 13.6. The smallest absolute Gasteiger partial charge is 0.130 e. The quantitative estimate of drug-likeness (QED) is 0.813. The molecule has 0 amide bonds. The molecule has 20 heavy (non-hydrogen) atoms. The first-order chi connectivity index (χ1) is 9.66. The van der Waals surface area contributed by atoms with Crippen molar-refractivity contribution in [3.8, 4) is 5.75 Å². The van der Waals surface area contributed by atoms with Crippen LogP contribution in [0, 0.1) is 11.6 Å². The summed E-state index contributed by atoms with van der Waals surface area (Å²) in [7, 11) is 0. The molecule has 0 aliphatic rings. The first kappa shape index (κ1) is 14.5. The molecule has 0 aromatic heterocycles. The molecule has 2 aromatic carbocycles. The highest BCUT2D eigenvalue weighted by Gasteiger charge is 2.10. The number of para-hydroxylation sites is 1. The number of benzene rings is 2. The Morgan fingerprint density at radius 2 is 1.85 bits per heavy atom. The summed E-state index contributed by atoms with van der Waals surface area (Å²) in [6, 6.07) is 12.9. The molecule has 2 rings (SSSR count). The Hall–Kier alpha value is -1.94. The lowest BCUT2D eigenvalue weighted by atomic mass is 10.1. The largest absolute Gasteiger partial charge is 0.492 e. The molecular formula is C16H17F2NO. The summed E-state index contributed by atoms with van der Waals surface area (Å²) in [5.41, 5.74) is 0.450. The molecule has 0 radical (unpaired) electrons. The number of halogens is 2. The molecule has 1 atom stereocenters. The zero-order valence-corrected chi connectivity index (χ0v) is 11.3. The number of nitrogens with one attached hydrogen (secondary N) is 1. The van der Waals surface area contributed by atoms with Gasteiger partial charge in [0.2, 0.25) is 0 Å². The Kier molecular flexibility index (Phi) is 5.07. The van der Waals surface area contributed by atoms with Crippen LogP contribution in [0.2, 0.25) is 0 Å². The third kappa shape index (κ3) is 4.03. The Labute approximate surface area is 117 Å². The van der Waals surface area contributed by atoms with E-state index in [-0.39, 0.29) is 6.04 Å². The van der Waals surface area contributed by atoms with E-state index >= 15 is 0 Å². The standard InChI is InChI=1S/C16H17F2NO/c1-12(15-8-7-13(17)11-16(15)18)19-9-10-20-14-5-3-2-4-6-14/h2-8,11-12,19H,9-10H2,1H3. The molecule has 0 fully saturated rings. The molecule has 2 nitrogen and oxygen atoms in total. The summed E-state index contributed by atoms with van der Waals surface area (Å²) in [5.74, 6) is -0.297. The van der Waals surface area contributed by atoms with Gasteiger partial charge in [0.15, 0.2) is 0 Å². The van der Waals surface area contributed by atoms with Crippen LogP contribution in [0.15, 0.2) is 48.5 Å². The molecule has 0 saturated heterocycles. The molecular weight excluding hydrogens is 260 g/mol. The van der Waals surface area contributed by atoms with E-state index in [1.165, 1.54) is 12.1 Å². The highest BCUT2D eigenvalue weighted by molar-refractivity contribution is 5.22. The molecule has 0 aliphatic heterocycles. The van der Waals surface area contributed by atoms with E-state index in [4.69, 9.17) is 4.74 Å². The molecule has 0 aliphatic carbocycles. The van der Waals surface area contributed by atoms with Crippen LogP contribution >= 0.6 is 0 Å². The van der Waals surface area contributed by atoms with Crippen LogP contribution in [-0.4, -0.2) is 13.2 Å². The highest BCUT2D eigenvalue weighted by atomic mass is 19.1. The van der Waals surface area contributed by atoms with Crippen molar-refractivity contribution in [2.45, 2.75) is 13.0 Å². The van der Waals surface area contributed by atoms with Gasteiger partial charge in [-0.05, 0) is 25.1 Å². The molecule has 0 spiro atoms. The van der Waals surface area contributed by atoms with Gasteiger partial charge in [-0.1, -0.05) is 24.3 Å². The fourth-order valence-electron chi connectivity index (χ4n) is 1.92. The van der Waals surface area contributed by atoms with Gasteiger partial charge in [0.1, 0.15) is 24.0 Å². The van der Waals surface area contributed by atoms with Crippen LogP contribution in [-0.2, 0) is 0 Å². The second kappa shape index (κ2) is 7.01. The van der Waals surface area contributed by atoms with E-state index < -0.39 is 11.6 Å². The van der Waals surface area contributed by atoms with Crippen molar-refractivity contribution in [3.63, 3.8) is 0 Å². The van der Waals surface area contributed by atoms with Gasteiger partial charge in [0.25, 0.3) is 0 Å². The summed E-state index contributed by atoms with van der Waals surface area (Å²) in [4.78, 5) is 0. The van der Waals surface area contributed by atoms with Gasteiger partial charge in [0, 0.05) is 24.2 Å². The Bertz CT molecular complexity index is 545. The second-order valence-corrected chi connectivity index (χ2v) is 4.50. The van der Waals surface area contributed by atoms with Gasteiger partial charge >= 0.3 is 0 Å². The molecule has 106 valence electrons. The SMILES string of the molecule is CC(NCCOc1ccccc1)c1ccc(F)cc1F. The van der Waals surface area contributed by atoms with Gasteiger partial charge in [-0.3, -0.25) is 0 Å². The van der Waals surface area contributed by atoms with Crippen molar-refractivity contribution in [1.82, 2.24) is 5.32 Å². The van der Waals surface area contributed by atoms with Crippen molar-refractivity contribution in [2.75, 3.05) is 13.2 Å². The fourth-order valence-corrected chi connectivity index (χ4v) is 1.92. The van der Waals surface area contributed by atoms with Crippen LogP contribution in [0.1, 0.15) is 18.5 Å². The lowest BCUT2D eigenvalue weighted by molar-refractivity contribution is 0.306. The molecule has 0 bridgehead atoms. The van der Waals surface area contributed by atoms with Gasteiger partial charge in [0.05, 0.1) is 0 Å². The van der Waals surface area contributed by atoms with Crippen molar-refractivity contribution in [3.05, 3.63) is 65.7 Å². The molecule has 0 saturated carbocycles. The molecule has 4 heteroatoms. The van der Waals surface area contributed by atoms with Crippen molar-refractivity contribution < 1.29 is 13.5 Å². The summed E-state index contributed by atoms with van der Waals surface area (Å²) in [6.45, 7) is 2.89. The van der Waals surface area contributed by atoms with Crippen molar-refractivity contribution in [1.29, 1.82) is 0 Å². The normalized spacial score (nSPS) is 12.2. The first-order valence-corrected chi connectivity index (χ1v) is 6.53. The number of ether oxygens (including phenoxy) is 1. The van der Waals surface area contributed by atoms with E-state index in [1.54, 1.807) is 0 Å². The van der Waals surface area contributed by atoms with Crippen LogP contribution < -0.4 is 10.1 Å². The van der Waals surface area contributed by atoms with E-state index in [1.807, 2.05) is 37.3 Å². The third-order valence-corrected chi connectivity index (χ3v) is 2.99. The summed E-state index contributed by atoms with van der Waals surface area (Å²) < 4.78 is 31.9. The zero-order chi connectivity index (χ0) is 14.4. The van der Waals surface area contributed by atoms with E-state index in [0.29, 0.717) is 18.7 Å². The number of hydrogen-bond donors (Lipinski definition) is 1. The maximum Gasteiger partial charge on any atom is 0.130 e. The Balaban J connectivity index is 1.79. The minimum atomic E-state index is -0.564. The Morgan fingerprint density at radius 1 is 1.10 bits per heavy atom. The van der Waals surface area contributed by atoms with E-state index in [9.17, 15) is 8.78 Å². The van der Waals surface area contributed by atoms with Crippen LogP contribution in [0.25, 0.3) is 0 Å². The van der Waals surface area contributed by atoms with Gasteiger partial charge in [-0.25, -0.2) is 8.78 Å². The average Bonchev–Trinajstić information content (AvgIpc) is 2.44. The van der Waals surface area contributed by atoms with Crippen LogP contribution in [0.5, 0.6) is 5.75 Å². The lowest BCUT2D eigenvalue weighted by Gasteiger charge is -2.15. The highest BCUT2D eigenvalue weighted by Crippen LogP contribution is 2.17. The maximum absolute atomic E-state index is 13.6. The number of rotatable bonds is 6. The van der Waals surface area contributed by atoms with E-state index in [2.05, 4.69) is 5.32 Å². The van der Waals surface area contributed by atoms with Gasteiger partial charge < -0.3 is 10.1 Å². The zero-order valence-electron chi connectivity index (χ0n) is 11.3. The molecule has 1 N–H and O–H groups in total. The minimum Gasteiger partial charge on any atom is -0.492 e. The van der Waals surface area contributed by atoms with E-state index in [0.717, 1.165) is 11.8 Å².